The highest BCUT2D eigenvalue weighted by Crippen LogP contribution is 2.24. The highest BCUT2D eigenvalue weighted by molar-refractivity contribution is 5.92. The molecule has 1 atom stereocenters. The molecule has 0 N–H and O–H groups in total. The summed E-state index contributed by atoms with van der Waals surface area (Å²) in [7, 11) is 1.75. The van der Waals surface area contributed by atoms with Gasteiger partial charge in [-0.2, -0.15) is 5.10 Å². The van der Waals surface area contributed by atoms with Crippen LogP contribution in [0.5, 0.6) is 0 Å². The molecule has 1 fully saturated rings. The van der Waals surface area contributed by atoms with E-state index in [4.69, 9.17) is 0 Å². The van der Waals surface area contributed by atoms with Crippen LogP contribution in [0.2, 0.25) is 0 Å². The monoisotopic (exact) mass is 340 g/mol. The number of aromatic nitrogens is 5. The Hall–Kier alpha value is -2.90. The van der Waals surface area contributed by atoms with Crippen molar-refractivity contribution in [1.29, 1.82) is 0 Å². The minimum absolute atomic E-state index is 0.0664. The maximum atomic E-state index is 12.6. The fourth-order valence-corrected chi connectivity index (χ4v) is 3.47. The van der Waals surface area contributed by atoms with Gasteiger partial charge in [-0.1, -0.05) is 0 Å². The maximum absolute atomic E-state index is 12.6. The molecule has 0 spiro atoms. The fraction of sp³-hybridized carbons (Fsp3) is 0.412. The van der Waals surface area contributed by atoms with Crippen LogP contribution in [0.25, 0.3) is 11.2 Å². The molecule has 0 saturated carbocycles. The number of rotatable bonds is 3. The van der Waals surface area contributed by atoms with Crippen LogP contribution in [0.3, 0.4) is 0 Å². The van der Waals surface area contributed by atoms with Crippen molar-refractivity contribution in [2.24, 2.45) is 7.05 Å². The van der Waals surface area contributed by atoms with Gasteiger partial charge in [0.25, 0.3) is 5.91 Å². The van der Waals surface area contributed by atoms with E-state index in [1.165, 1.54) is 0 Å². The number of imidazole rings is 1. The van der Waals surface area contributed by atoms with Crippen molar-refractivity contribution < 1.29 is 4.79 Å². The molecule has 0 aliphatic carbocycles. The topological polar surface area (TPSA) is 78.0 Å². The molecule has 8 nitrogen and oxygen atoms in total. The van der Waals surface area contributed by atoms with Crippen molar-refractivity contribution >= 4 is 17.1 Å². The Bertz CT molecular complexity index is 998. The summed E-state index contributed by atoms with van der Waals surface area (Å²) in [5.74, 6) is -0.0871. The smallest absolute Gasteiger partial charge is 0.330 e. The van der Waals surface area contributed by atoms with Gasteiger partial charge in [0.05, 0.1) is 11.6 Å². The Morgan fingerprint density at radius 2 is 2.20 bits per heavy atom. The molecule has 4 rings (SSSR count). The quantitative estimate of drug-likeness (QED) is 0.714. The molecule has 4 heterocycles. The second-order valence-electron chi connectivity index (χ2n) is 6.31. The van der Waals surface area contributed by atoms with E-state index in [0.29, 0.717) is 24.4 Å². The first-order valence-electron chi connectivity index (χ1n) is 8.44. The summed E-state index contributed by atoms with van der Waals surface area (Å²) in [6.45, 7) is 3.81. The number of hydrogen-bond donors (Lipinski definition) is 0. The van der Waals surface area contributed by atoms with Crippen LogP contribution in [0.15, 0.2) is 35.4 Å². The van der Waals surface area contributed by atoms with Gasteiger partial charge in [0.15, 0.2) is 5.65 Å². The zero-order valence-corrected chi connectivity index (χ0v) is 14.3. The third-order valence-electron chi connectivity index (χ3n) is 4.85. The third kappa shape index (κ3) is 2.45. The molecule has 0 bridgehead atoms. The van der Waals surface area contributed by atoms with Gasteiger partial charge in [0.1, 0.15) is 5.69 Å². The lowest BCUT2D eigenvalue weighted by Gasteiger charge is -2.15. The number of carbonyl (C=O) groups is 1. The van der Waals surface area contributed by atoms with Crippen LogP contribution in [0.1, 0.15) is 29.9 Å². The number of pyridine rings is 1. The summed E-state index contributed by atoms with van der Waals surface area (Å²) < 4.78 is 5.06. The van der Waals surface area contributed by atoms with E-state index < -0.39 is 0 Å². The van der Waals surface area contributed by atoms with E-state index in [2.05, 4.69) is 10.1 Å². The number of hydrogen-bond acceptors (Lipinski definition) is 4. The lowest BCUT2D eigenvalue weighted by Crippen LogP contribution is -2.32. The number of aryl methyl sites for hydroxylation is 2. The molecule has 1 amide bonds. The minimum Gasteiger partial charge on any atom is -0.335 e. The van der Waals surface area contributed by atoms with Gasteiger partial charge in [-0.15, -0.1) is 0 Å². The highest BCUT2D eigenvalue weighted by atomic mass is 16.2. The predicted octanol–water partition coefficient (Wildman–Crippen LogP) is 1.04. The first-order valence-corrected chi connectivity index (χ1v) is 8.44. The maximum Gasteiger partial charge on any atom is 0.330 e. The largest absolute Gasteiger partial charge is 0.335 e. The SMILES string of the molecule is CCn1ccc(C(=O)N2CC[C@H](n3c(=O)n(C)c4cccnc43)C2)n1. The average molecular weight is 340 g/mol. The van der Waals surface area contributed by atoms with Gasteiger partial charge in [-0.05, 0) is 31.5 Å². The van der Waals surface area contributed by atoms with Gasteiger partial charge in [-0.25, -0.2) is 9.78 Å². The molecule has 0 unspecified atom stereocenters. The number of likely N-dealkylation sites (tertiary alicyclic amines) is 1. The highest BCUT2D eigenvalue weighted by Gasteiger charge is 2.31. The Kier molecular flexibility index (Phi) is 3.67. The zero-order valence-electron chi connectivity index (χ0n) is 14.3. The summed E-state index contributed by atoms with van der Waals surface area (Å²) in [5.41, 5.74) is 1.83. The Labute approximate surface area is 144 Å². The van der Waals surface area contributed by atoms with Crippen LogP contribution < -0.4 is 5.69 Å². The average Bonchev–Trinajstić information content (AvgIpc) is 3.34. The van der Waals surface area contributed by atoms with Gasteiger partial charge < -0.3 is 4.90 Å². The Balaban J connectivity index is 1.62. The van der Waals surface area contributed by atoms with Gasteiger partial charge in [-0.3, -0.25) is 18.6 Å². The summed E-state index contributed by atoms with van der Waals surface area (Å²) in [6, 6.07) is 5.38. The third-order valence-corrected chi connectivity index (χ3v) is 4.85. The van der Waals surface area contributed by atoms with Crippen molar-refractivity contribution in [3.63, 3.8) is 0 Å². The van der Waals surface area contributed by atoms with E-state index in [1.54, 1.807) is 44.2 Å². The Morgan fingerprint density at radius 1 is 1.36 bits per heavy atom. The normalized spacial score (nSPS) is 17.5. The first kappa shape index (κ1) is 15.6. The molecule has 1 aliphatic heterocycles. The van der Waals surface area contributed by atoms with Crippen molar-refractivity contribution in [2.45, 2.75) is 25.9 Å². The molecule has 0 aromatic carbocycles. The van der Waals surface area contributed by atoms with E-state index in [1.807, 2.05) is 19.1 Å². The van der Waals surface area contributed by atoms with Crippen LogP contribution >= 0.6 is 0 Å². The van der Waals surface area contributed by atoms with Gasteiger partial charge in [0, 0.05) is 39.1 Å². The minimum atomic E-state index is -0.0942. The van der Waals surface area contributed by atoms with Crippen molar-refractivity contribution in [3.05, 3.63) is 46.8 Å². The standard InChI is InChI=1S/C17H20N6O2/c1-3-22-10-7-13(19-22)16(24)21-9-6-12(11-21)23-15-14(5-4-8-18-15)20(2)17(23)25/h4-5,7-8,10,12H,3,6,9,11H2,1-2H3/t12-/m0/s1. The van der Waals surface area contributed by atoms with Crippen molar-refractivity contribution in [2.75, 3.05) is 13.1 Å². The second-order valence-corrected chi connectivity index (χ2v) is 6.31. The molecule has 0 radical (unpaired) electrons. The molecule has 3 aromatic rings. The molecule has 1 saturated heterocycles. The van der Waals surface area contributed by atoms with Crippen LogP contribution in [0.4, 0.5) is 0 Å². The molecule has 8 heteroatoms. The van der Waals surface area contributed by atoms with E-state index in [-0.39, 0.29) is 17.6 Å². The molecule has 25 heavy (non-hydrogen) atoms. The summed E-state index contributed by atoms with van der Waals surface area (Å²) >= 11 is 0. The van der Waals surface area contributed by atoms with E-state index in [9.17, 15) is 9.59 Å². The number of carbonyl (C=O) groups excluding carboxylic acids is 1. The lowest BCUT2D eigenvalue weighted by molar-refractivity contribution is 0.0781. The fourth-order valence-electron chi connectivity index (χ4n) is 3.47. The van der Waals surface area contributed by atoms with Crippen LogP contribution in [-0.2, 0) is 13.6 Å². The van der Waals surface area contributed by atoms with Gasteiger partial charge in [0.2, 0.25) is 0 Å². The van der Waals surface area contributed by atoms with Gasteiger partial charge >= 0.3 is 5.69 Å². The van der Waals surface area contributed by atoms with E-state index >= 15 is 0 Å². The Morgan fingerprint density at radius 3 is 2.96 bits per heavy atom. The lowest BCUT2D eigenvalue weighted by atomic mass is 10.2. The summed E-state index contributed by atoms with van der Waals surface area (Å²) in [4.78, 5) is 31.4. The molecule has 130 valence electrons. The number of fused-ring (bicyclic) bond motifs is 1. The molecule has 3 aromatic heterocycles. The van der Waals surface area contributed by atoms with Crippen molar-refractivity contribution in [1.82, 2.24) is 28.8 Å². The number of nitrogens with zero attached hydrogens (tertiary/aromatic N) is 6. The summed E-state index contributed by atoms with van der Waals surface area (Å²) in [6.07, 6.45) is 4.23. The van der Waals surface area contributed by atoms with Crippen LogP contribution in [-0.4, -0.2) is 47.8 Å². The summed E-state index contributed by atoms with van der Waals surface area (Å²) in [5, 5.41) is 4.28. The predicted molar refractivity (Wildman–Crippen MR) is 92.4 cm³/mol. The molecular formula is C17H20N6O2. The van der Waals surface area contributed by atoms with Crippen LogP contribution in [0, 0.1) is 0 Å². The van der Waals surface area contributed by atoms with Crippen molar-refractivity contribution in [3.8, 4) is 0 Å². The molecule has 1 aliphatic rings. The first-order chi connectivity index (χ1) is 12.1. The molecular weight excluding hydrogens is 320 g/mol. The second kappa shape index (κ2) is 5.87. The van der Waals surface area contributed by atoms with E-state index in [0.717, 1.165) is 18.5 Å². The number of amides is 1. The zero-order chi connectivity index (χ0) is 17.6.